The largest absolute Gasteiger partial charge is 0.511 e. The third-order valence-electron chi connectivity index (χ3n) is 2.90. The van der Waals surface area contributed by atoms with E-state index in [1.54, 1.807) is 13.8 Å². The molecular weight excluding hydrogens is 224 g/mol. The summed E-state index contributed by atoms with van der Waals surface area (Å²) in [6, 6.07) is 0. The number of hydrogen-bond acceptors (Lipinski definition) is 4. The van der Waals surface area contributed by atoms with E-state index >= 15 is 0 Å². The van der Waals surface area contributed by atoms with Crippen LogP contribution in [0.3, 0.4) is 0 Å². The molecule has 1 N–H and O–H groups in total. The monoisotopic (exact) mass is 238 g/mol. The first-order valence-corrected chi connectivity index (χ1v) is 5.32. The van der Waals surface area contributed by atoms with E-state index in [1.807, 2.05) is 6.92 Å². The Kier molecular flexibility index (Phi) is 2.83. The number of carbonyl (C=O) groups is 1. The van der Waals surface area contributed by atoms with Gasteiger partial charge in [0, 0.05) is 11.1 Å². The second-order valence-corrected chi connectivity index (χ2v) is 3.93. The maximum atomic E-state index is 10.7. The first kappa shape index (κ1) is 11.6. The van der Waals surface area contributed by atoms with Crippen molar-refractivity contribution in [2.75, 3.05) is 13.2 Å². The smallest absolute Gasteiger partial charge is 0.486 e. The molecule has 0 amide bonds. The minimum atomic E-state index is -1.33. The molecular formula is C12H14O5. The van der Waals surface area contributed by atoms with E-state index in [0.717, 1.165) is 11.1 Å². The first-order valence-electron chi connectivity index (χ1n) is 5.32. The molecule has 1 heterocycles. The molecule has 0 fully saturated rings. The minimum Gasteiger partial charge on any atom is -0.486 e. The van der Waals surface area contributed by atoms with Gasteiger partial charge < -0.3 is 19.3 Å². The fourth-order valence-corrected chi connectivity index (χ4v) is 1.94. The Labute approximate surface area is 98.9 Å². The molecule has 0 bridgehead atoms. The summed E-state index contributed by atoms with van der Waals surface area (Å²) in [5.74, 6) is 1.60. The second kappa shape index (κ2) is 4.16. The summed E-state index contributed by atoms with van der Waals surface area (Å²) in [6.07, 6.45) is -1.33. The molecule has 1 aliphatic heterocycles. The van der Waals surface area contributed by atoms with Gasteiger partial charge in [0.25, 0.3) is 0 Å². The van der Waals surface area contributed by atoms with Gasteiger partial charge in [0.2, 0.25) is 0 Å². The van der Waals surface area contributed by atoms with Crippen molar-refractivity contribution in [3.05, 3.63) is 16.7 Å². The summed E-state index contributed by atoms with van der Waals surface area (Å²) >= 11 is 0. The van der Waals surface area contributed by atoms with Crippen molar-refractivity contribution in [2.45, 2.75) is 20.8 Å². The van der Waals surface area contributed by atoms with Crippen molar-refractivity contribution in [2.24, 2.45) is 0 Å². The Morgan fingerprint density at radius 2 is 1.59 bits per heavy atom. The van der Waals surface area contributed by atoms with E-state index < -0.39 is 6.16 Å². The normalized spacial score (nSPS) is 13.4. The fraction of sp³-hybridized carbons (Fsp3) is 0.417. The Morgan fingerprint density at radius 3 is 2.12 bits per heavy atom. The summed E-state index contributed by atoms with van der Waals surface area (Å²) in [5.41, 5.74) is 2.26. The molecule has 0 atom stereocenters. The van der Waals surface area contributed by atoms with Crippen molar-refractivity contribution < 1.29 is 24.1 Å². The Balaban J connectivity index is 2.61. The lowest BCUT2D eigenvalue weighted by molar-refractivity contribution is 0.142. The van der Waals surface area contributed by atoms with Crippen LogP contribution < -0.4 is 14.2 Å². The van der Waals surface area contributed by atoms with Crippen molar-refractivity contribution in [3.63, 3.8) is 0 Å². The van der Waals surface area contributed by atoms with Crippen LogP contribution in [0.25, 0.3) is 0 Å². The average molecular weight is 238 g/mol. The lowest BCUT2D eigenvalue weighted by Crippen LogP contribution is -2.18. The lowest BCUT2D eigenvalue weighted by atomic mass is 10.0. The first-order chi connectivity index (χ1) is 8.02. The molecule has 0 saturated carbocycles. The highest BCUT2D eigenvalue weighted by Gasteiger charge is 2.24. The van der Waals surface area contributed by atoms with E-state index in [4.69, 9.17) is 19.3 Å². The number of ether oxygens (including phenoxy) is 3. The Hall–Kier alpha value is -1.91. The second-order valence-electron chi connectivity index (χ2n) is 3.93. The predicted octanol–water partition coefficient (Wildman–Crippen LogP) is 2.44. The molecule has 0 spiro atoms. The molecule has 0 radical (unpaired) electrons. The van der Waals surface area contributed by atoms with Gasteiger partial charge in [0.15, 0.2) is 11.5 Å². The van der Waals surface area contributed by atoms with Crippen LogP contribution in [0.2, 0.25) is 0 Å². The van der Waals surface area contributed by atoms with E-state index in [-0.39, 0.29) is 0 Å². The molecule has 92 valence electrons. The Bertz CT molecular complexity index is 479. The quantitative estimate of drug-likeness (QED) is 0.601. The van der Waals surface area contributed by atoms with Crippen LogP contribution >= 0.6 is 0 Å². The zero-order chi connectivity index (χ0) is 12.6. The van der Waals surface area contributed by atoms with Gasteiger partial charge in [-0.05, 0) is 26.3 Å². The standard InChI is InChI=1S/C12H14O5/c1-6-7(2)10-11(16-5-4-15-10)8(3)9(6)17-12(13)14/h4-5H2,1-3H3,(H,13,14). The van der Waals surface area contributed by atoms with Gasteiger partial charge in [0.05, 0.1) is 0 Å². The van der Waals surface area contributed by atoms with Gasteiger partial charge in [-0.1, -0.05) is 0 Å². The topological polar surface area (TPSA) is 65.0 Å². The number of carboxylic acid groups (broad SMARTS) is 1. The highest BCUT2D eigenvalue weighted by Crippen LogP contribution is 2.44. The van der Waals surface area contributed by atoms with Crippen molar-refractivity contribution in [1.82, 2.24) is 0 Å². The molecule has 17 heavy (non-hydrogen) atoms. The van der Waals surface area contributed by atoms with Crippen molar-refractivity contribution in [3.8, 4) is 17.2 Å². The maximum absolute atomic E-state index is 10.7. The van der Waals surface area contributed by atoms with E-state index in [9.17, 15) is 4.79 Å². The van der Waals surface area contributed by atoms with Crippen LogP contribution in [0.5, 0.6) is 17.2 Å². The van der Waals surface area contributed by atoms with E-state index in [1.165, 1.54) is 0 Å². The fourth-order valence-electron chi connectivity index (χ4n) is 1.94. The van der Waals surface area contributed by atoms with E-state index in [2.05, 4.69) is 0 Å². The van der Waals surface area contributed by atoms with Gasteiger partial charge in [0.1, 0.15) is 19.0 Å². The maximum Gasteiger partial charge on any atom is 0.511 e. The molecule has 1 aromatic carbocycles. The van der Waals surface area contributed by atoms with E-state index in [0.29, 0.717) is 36.0 Å². The van der Waals surface area contributed by atoms with Gasteiger partial charge in [-0.3, -0.25) is 0 Å². The average Bonchev–Trinajstić information content (AvgIpc) is 2.31. The molecule has 5 nitrogen and oxygen atoms in total. The molecule has 2 rings (SSSR count). The Morgan fingerprint density at radius 1 is 1.06 bits per heavy atom. The van der Waals surface area contributed by atoms with Crippen molar-refractivity contribution >= 4 is 6.16 Å². The molecule has 0 aliphatic carbocycles. The highest BCUT2D eigenvalue weighted by molar-refractivity contribution is 5.68. The van der Waals surface area contributed by atoms with Crippen LogP contribution in [-0.2, 0) is 0 Å². The molecule has 1 aliphatic rings. The number of hydrogen-bond donors (Lipinski definition) is 1. The number of fused-ring (bicyclic) bond motifs is 1. The molecule has 5 heteroatoms. The summed E-state index contributed by atoms with van der Waals surface area (Å²) in [6.45, 7) is 6.39. The zero-order valence-electron chi connectivity index (χ0n) is 9.99. The van der Waals surface area contributed by atoms with Crippen LogP contribution in [0.15, 0.2) is 0 Å². The number of rotatable bonds is 1. The van der Waals surface area contributed by atoms with Gasteiger partial charge >= 0.3 is 6.16 Å². The zero-order valence-corrected chi connectivity index (χ0v) is 9.99. The van der Waals surface area contributed by atoms with Crippen LogP contribution in [-0.4, -0.2) is 24.5 Å². The SMILES string of the molecule is Cc1c(C)c2c(c(C)c1OC(=O)O)OCCO2. The lowest BCUT2D eigenvalue weighted by Gasteiger charge is -2.24. The highest BCUT2D eigenvalue weighted by atomic mass is 16.7. The van der Waals surface area contributed by atoms with Gasteiger partial charge in [-0.25, -0.2) is 4.79 Å². The summed E-state index contributed by atoms with van der Waals surface area (Å²) in [4.78, 5) is 10.7. The van der Waals surface area contributed by atoms with Gasteiger partial charge in [-0.15, -0.1) is 0 Å². The summed E-state index contributed by atoms with van der Waals surface area (Å²) in [7, 11) is 0. The third kappa shape index (κ3) is 1.88. The minimum absolute atomic E-state index is 0.333. The molecule has 1 aromatic rings. The van der Waals surface area contributed by atoms with Crippen molar-refractivity contribution in [1.29, 1.82) is 0 Å². The van der Waals surface area contributed by atoms with Crippen LogP contribution in [0.1, 0.15) is 16.7 Å². The van der Waals surface area contributed by atoms with Gasteiger partial charge in [-0.2, -0.15) is 0 Å². The molecule has 0 aromatic heterocycles. The van der Waals surface area contributed by atoms with Crippen LogP contribution in [0, 0.1) is 20.8 Å². The third-order valence-corrected chi connectivity index (χ3v) is 2.90. The predicted molar refractivity (Wildman–Crippen MR) is 60.3 cm³/mol. The molecule has 0 unspecified atom stereocenters. The summed E-state index contributed by atoms with van der Waals surface area (Å²) in [5, 5.41) is 8.72. The molecule has 0 saturated heterocycles. The summed E-state index contributed by atoms with van der Waals surface area (Å²) < 4.78 is 15.9. The number of benzene rings is 1. The van der Waals surface area contributed by atoms with Crippen LogP contribution in [0.4, 0.5) is 4.79 Å².